The van der Waals surface area contributed by atoms with Crippen LogP contribution in [0, 0.1) is 0 Å². The van der Waals surface area contributed by atoms with E-state index in [2.05, 4.69) is 15.9 Å². The van der Waals surface area contributed by atoms with Crippen molar-refractivity contribution in [1.82, 2.24) is 0 Å². The van der Waals surface area contributed by atoms with E-state index in [9.17, 15) is 4.79 Å². The number of ketones is 1. The highest BCUT2D eigenvalue weighted by Gasteiger charge is 2.17. The SMILES string of the molecule is O=C(CBr)C[C@H]1CCCO1. The van der Waals surface area contributed by atoms with Crippen LogP contribution in [0.15, 0.2) is 0 Å². The summed E-state index contributed by atoms with van der Waals surface area (Å²) in [4.78, 5) is 10.8. The summed E-state index contributed by atoms with van der Waals surface area (Å²) in [5.74, 6) is 0.243. The number of carbonyl (C=O) groups excluding carboxylic acids is 1. The third-order valence-corrected chi connectivity index (χ3v) is 2.25. The van der Waals surface area contributed by atoms with E-state index in [0.29, 0.717) is 11.8 Å². The summed E-state index contributed by atoms with van der Waals surface area (Å²) in [5, 5.41) is 0.465. The van der Waals surface area contributed by atoms with E-state index in [-0.39, 0.29) is 11.9 Å². The molecule has 58 valence electrons. The lowest BCUT2D eigenvalue weighted by Gasteiger charge is -2.05. The van der Waals surface area contributed by atoms with Gasteiger partial charge in [-0.3, -0.25) is 4.79 Å². The van der Waals surface area contributed by atoms with Crippen molar-refractivity contribution in [1.29, 1.82) is 0 Å². The first-order valence-corrected chi connectivity index (χ1v) is 4.64. The van der Waals surface area contributed by atoms with E-state index in [1.807, 2.05) is 0 Å². The van der Waals surface area contributed by atoms with Gasteiger partial charge in [-0.2, -0.15) is 0 Å². The molecular weight excluding hydrogens is 196 g/mol. The van der Waals surface area contributed by atoms with E-state index in [1.165, 1.54) is 0 Å². The fraction of sp³-hybridized carbons (Fsp3) is 0.857. The lowest BCUT2D eigenvalue weighted by atomic mass is 10.1. The molecule has 0 radical (unpaired) electrons. The maximum Gasteiger partial charge on any atom is 0.145 e. The van der Waals surface area contributed by atoms with Crippen molar-refractivity contribution in [2.24, 2.45) is 0 Å². The van der Waals surface area contributed by atoms with Crippen LogP contribution in [-0.4, -0.2) is 23.8 Å². The number of rotatable bonds is 3. The van der Waals surface area contributed by atoms with Crippen LogP contribution < -0.4 is 0 Å². The Hall–Kier alpha value is 0.110. The zero-order valence-corrected chi connectivity index (χ0v) is 7.39. The van der Waals surface area contributed by atoms with Crippen LogP contribution in [0.3, 0.4) is 0 Å². The standard InChI is InChI=1S/C7H11BrO2/c8-5-6(9)4-7-2-1-3-10-7/h7H,1-5H2/t7-/m1/s1. The smallest absolute Gasteiger partial charge is 0.145 e. The topological polar surface area (TPSA) is 26.3 Å². The molecule has 0 aromatic heterocycles. The summed E-state index contributed by atoms with van der Waals surface area (Å²) in [6.45, 7) is 0.834. The Morgan fingerprint density at radius 1 is 1.70 bits per heavy atom. The Balaban J connectivity index is 2.17. The Morgan fingerprint density at radius 3 is 3.00 bits per heavy atom. The molecule has 0 spiro atoms. The molecule has 0 aromatic carbocycles. The predicted molar refractivity (Wildman–Crippen MR) is 42.4 cm³/mol. The summed E-state index contributed by atoms with van der Waals surface area (Å²) < 4.78 is 5.28. The highest BCUT2D eigenvalue weighted by molar-refractivity contribution is 9.09. The van der Waals surface area contributed by atoms with Gasteiger partial charge < -0.3 is 4.74 Å². The summed E-state index contributed by atoms with van der Waals surface area (Å²) in [5.41, 5.74) is 0. The van der Waals surface area contributed by atoms with Gasteiger partial charge >= 0.3 is 0 Å². The molecule has 0 N–H and O–H groups in total. The van der Waals surface area contributed by atoms with E-state index < -0.39 is 0 Å². The number of hydrogen-bond donors (Lipinski definition) is 0. The van der Waals surface area contributed by atoms with Crippen molar-refractivity contribution >= 4 is 21.7 Å². The van der Waals surface area contributed by atoms with E-state index >= 15 is 0 Å². The quantitative estimate of drug-likeness (QED) is 0.656. The van der Waals surface area contributed by atoms with Crippen molar-refractivity contribution in [2.75, 3.05) is 11.9 Å². The number of ether oxygens (including phenoxy) is 1. The number of carbonyl (C=O) groups is 1. The van der Waals surface area contributed by atoms with E-state index in [4.69, 9.17) is 4.74 Å². The first kappa shape index (κ1) is 8.21. The summed E-state index contributed by atoms with van der Waals surface area (Å²) in [6.07, 6.45) is 2.97. The molecule has 1 heterocycles. The maximum atomic E-state index is 10.8. The lowest BCUT2D eigenvalue weighted by molar-refractivity contribution is -0.118. The fourth-order valence-corrected chi connectivity index (χ4v) is 1.34. The van der Waals surface area contributed by atoms with Gasteiger partial charge in [-0.25, -0.2) is 0 Å². The molecule has 1 rings (SSSR count). The van der Waals surface area contributed by atoms with Gasteiger partial charge in [-0.1, -0.05) is 15.9 Å². The first-order valence-electron chi connectivity index (χ1n) is 3.52. The summed E-state index contributed by atoms with van der Waals surface area (Å²) >= 11 is 3.12. The molecule has 0 bridgehead atoms. The van der Waals surface area contributed by atoms with Gasteiger partial charge in [0.15, 0.2) is 0 Å². The molecular formula is C7H11BrO2. The van der Waals surface area contributed by atoms with Crippen molar-refractivity contribution in [3.05, 3.63) is 0 Å². The summed E-state index contributed by atoms with van der Waals surface area (Å²) in [7, 11) is 0. The minimum absolute atomic E-state index is 0.213. The molecule has 0 aromatic rings. The Morgan fingerprint density at radius 2 is 2.50 bits per heavy atom. The average Bonchev–Trinajstić information content (AvgIpc) is 2.40. The maximum absolute atomic E-state index is 10.8. The van der Waals surface area contributed by atoms with Crippen molar-refractivity contribution in [2.45, 2.75) is 25.4 Å². The average molecular weight is 207 g/mol. The molecule has 1 aliphatic heterocycles. The minimum atomic E-state index is 0.213. The number of hydrogen-bond acceptors (Lipinski definition) is 2. The Bertz CT molecular complexity index is 119. The molecule has 3 heteroatoms. The second-order valence-corrected chi connectivity index (χ2v) is 3.07. The normalized spacial score (nSPS) is 25.1. The van der Waals surface area contributed by atoms with Crippen LogP contribution in [0.25, 0.3) is 0 Å². The van der Waals surface area contributed by atoms with Crippen LogP contribution in [0.4, 0.5) is 0 Å². The zero-order valence-electron chi connectivity index (χ0n) is 5.81. The zero-order chi connectivity index (χ0) is 7.40. The van der Waals surface area contributed by atoms with Gasteiger partial charge in [0.1, 0.15) is 5.78 Å². The molecule has 1 aliphatic rings. The molecule has 0 unspecified atom stereocenters. The molecule has 2 nitrogen and oxygen atoms in total. The van der Waals surface area contributed by atoms with Crippen molar-refractivity contribution < 1.29 is 9.53 Å². The first-order chi connectivity index (χ1) is 4.83. The lowest BCUT2D eigenvalue weighted by Crippen LogP contribution is -2.12. The third kappa shape index (κ3) is 2.39. The molecule has 10 heavy (non-hydrogen) atoms. The van der Waals surface area contributed by atoms with Gasteiger partial charge in [0.2, 0.25) is 0 Å². The largest absolute Gasteiger partial charge is 0.378 e. The summed E-state index contributed by atoms with van der Waals surface area (Å²) in [6, 6.07) is 0. The monoisotopic (exact) mass is 206 g/mol. The molecule has 0 amide bonds. The van der Waals surface area contributed by atoms with Crippen LogP contribution in [-0.2, 0) is 9.53 Å². The van der Waals surface area contributed by atoms with Crippen LogP contribution in [0.2, 0.25) is 0 Å². The van der Waals surface area contributed by atoms with Crippen LogP contribution in [0.5, 0.6) is 0 Å². The second-order valence-electron chi connectivity index (χ2n) is 2.51. The Kier molecular flexibility index (Phi) is 3.35. The highest BCUT2D eigenvalue weighted by Crippen LogP contribution is 2.15. The van der Waals surface area contributed by atoms with Gasteiger partial charge in [-0.05, 0) is 12.8 Å². The van der Waals surface area contributed by atoms with Crippen molar-refractivity contribution in [3.63, 3.8) is 0 Å². The van der Waals surface area contributed by atoms with Crippen molar-refractivity contribution in [3.8, 4) is 0 Å². The van der Waals surface area contributed by atoms with Gasteiger partial charge in [0, 0.05) is 13.0 Å². The molecule has 1 fully saturated rings. The van der Waals surface area contributed by atoms with E-state index in [0.717, 1.165) is 19.4 Å². The molecule has 1 atom stereocenters. The number of halogens is 1. The molecule has 1 saturated heterocycles. The van der Waals surface area contributed by atoms with Gasteiger partial charge in [-0.15, -0.1) is 0 Å². The highest BCUT2D eigenvalue weighted by atomic mass is 79.9. The number of Topliss-reactive ketones (excluding diaryl/α,β-unsaturated/α-hetero) is 1. The van der Waals surface area contributed by atoms with Crippen LogP contribution >= 0.6 is 15.9 Å². The fourth-order valence-electron chi connectivity index (χ4n) is 1.11. The molecule has 0 aliphatic carbocycles. The Labute approximate surface area is 69.1 Å². The number of alkyl halides is 1. The van der Waals surface area contributed by atoms with Crippen LogP contribution in [0.1, 0.15) is 19.3 Å². The van der Waals surface area contributed by atoms with Gasteiger partial charge in [0.25, 0.3) is 0 Å². The molecule has 0 saturated carbocycles. The third-order valence-electron chi connectivity index (χ3n) is 1.63. The van der Waals surface area contributed by atoms with E-state index in [1.54, 1.807) is 0 Å². The second kappa shape index (κ2) is 4.09. The minimum Gasteiger partial charge on any atom is -0.378 e. The predicted octanol–water partition coefficient (Wildman–Crippen LogP) is 1.52. The van der Waals surface area contributed by atoms with Gasteiger partial charge in [0.05, 0.1) is 11.4 Å².